The number of allylic oxidation sites excluding steroid dienone is 3. The average Bonchev–Trinajstić information content (AvgIpc) is 2.29. The molecule has 0 saturated carbocycles. The quantitative estimate of drug-likeness (QED) is 0.680. The summed E-state index contributed by atoms with van der Waals surface area (Å²) in [5.74, 6) is 0. The van der Waals surface area contributed by atoms with Crippen molar-refractivity contribution >= 4 is 5.70 Å². The number of aryl methyl sites for hydroxylation is 1. The molecule has 0 atom stereocenters. The molecule has 0 amide bonds. The molecule has 2 N–H and O–H groups in total. The minimum Gasteiger partial charge on any atom is -0.303 e. The minimum atomic E-state index is 1.10. The Morgan fingerprint density at radius 1 is 1.50 bits per heavy atom. The maximum atomic E-state index is 2.34. The van der Waals surface area contributed by atoms with Crippen LogP contribution in [0.15, 0.2) is 36.1 Å². The summed E-state index contributed by atoms with van der Waals surface area (Å²) in [5.41, 5.74) is 5.34. The summed E-state index contributed by atoms with van der Waals surface area (Å²) in [5, 5.41) is 2.34. The molecule has 0 unspecified atom stereocenters. The Bertz CT molecular complexity index is 456. The van der Waals surface area contributed by atoms with E-state index in [-0.39, 0.29) is 0 Å². The second kappa shape index (κ2) is 4.62. The van der Waals surface area contributed by atoms with Crippen molar-refractivity contribution in [3.8, 4) is 0 Å². The third-order valence-electron chi connectivity index (χ3n) is 3.06. The SMILES string of the molecule is C/C=C(C)\C=C1/[NH2+]CC[n+]2ccc(C)cc21. The van der Waals surface area contributed by atoms with Gasteiger partial charge in [-0.05, 0) is 31.9 Å². The van der Waals surface area contributed by atoms with Gasteiger partial charge in [0, 0.05) is 18.2 Å². The van der Waals surface area contributed by atoms with Gasteiger partial charge in [-0.25, -0.2) is 0 Å². The molecule has 1 aliphatic rings. The Hall–Kier alpha value is -1.41. The fourth-order valence-corrected chi connectivity index (χ4v) is 2.00. The topological polar surface area (TPSA) is 20.5 Å². The Morgan fingerprint density at radius 3 is 3.06 bits per heavy atom. The lowest BCUT2D eigenvalue weighted by Crippen LogP contribution is -2.86. The highest BCUT2D eigenvalue weighted by Gasteiger charge is 2.24. The van der Waals surface area contributed by atoms with Crippen LogP contribution in [0.2, 0.25) is 0 Å². The van der Waals surface area contributed by atoms with E-state index in [0.29, 0.717) is 0 Å². The molecule has 1 aromatic rings. The van der Waals surface area contributed by atoms with E-state index in [9.17, 15) is 0 Å². The zero-order valence-corrected chi connectivity index (χ0v) is 10.3. The highest BCUT2D eigenvalue weighted by Crippen LogP contribution is 2.09. The summed E-state index contributed by atoms with van der Waals surface area (Å²) >= 11 is 0. The van der Waals surface area contributed by atoms with E-state index in [1.807, 2.05) is 0 Å². The average molecular weight is 216 g/mol. The summed E-state index contributed by atoms with van der Waals surface area (Å²) in [4.78, 5) is 0. The van der Waals surface area contributed by atoms with Crippen LogP contribution in [-0.2, 0) is 6.54 Å². The fraction of sp³-hybridized carbons (Fsp3) is 0.357. The molecule has 0 aliphatic carbocycles. The molecule has 2 nitrogen and oxygen atoms in total. The van der Waals surface area contributed by atoms with Crippen molar-refractivity contribution in [2.24, 2.45) is 0 Å². The lowest BCUT2D eigenvalue weighted by molar-refractivity contribution is -0.759. The van der Waals surface area contributed by atoms with Crippen molar-refractivity contribution in [1.82, 2.24) is 0 Å². The predicted molar refractivity (Wildman–Crippen MR) is 65.6 cm³/mol. The number of rotatable bonds is 1. The smallest absolute Gasteiger partial charge is 0.266 e. The summed E-state index contributed by atoms with van der Waals surface area (Å²) < 4.78 is 2.34. The molecule has 0 aromatic carbocycles. The number of hydrogen-bond acceptors (Lipinski definition) is 0. The van der Waals surface area contributed by atoms with Crippen molar-refractivity contribution in [3.63, 3.8) is 0 Å². The van der Waals surface area contributed by atoms with E-state index in [0.717, 1.165) is 13.1 Å². The van der Waals surface area contributed by atoms with Crippen LogP contribution in [0, 0.1) is 6.92 Å². The summed E-state index contributed by atoms with van der Waals surface area (Å²) in [6.45, 7) is 8.61. The minimum absolute atomic E-state index is 1.10. The van der Waals surface area contributed by atoms with Gasteiger partial charge in [-0.1, -0.05) is 6.08 Å². The van der Waals surface area contributed by atoms with Crippen LogP contribution in [0.5, 0.6) is 0 Å². The number of nitrogens with two attached hydrogens (primary N) is 1. The van der Waals surface area contributed by atoms with Crippen molar-refractivity contribution in [2.75, 3.05) is 6.54 Å². The summed E-state index contributed by atoms with van der Waals surface area (Å²) in [6, 6.07) is 4.44. The molecular formula is C14H20N2+2. The van der Waals surface area contributed by atoms with E-state index in [4.69, 9.17) is 0 Å². The van der Waals surface area contributed by atoms with E-state index in [1.54, 1.807) is 0 Å². The van der Waals surface area contributed by atoms with Crippen LogP contribution in [0.25, 0.3) is 5.70 Å². The van der Waals surface area contributed by atoms with Gasteiger partial charge in [0.1, 0.15) is 6.54 Å². The van der Waals surface area contributed by atoms with Gasteiger partial charge in [-0.15, -0.1) is 0 Å². The maximum absolute atomic E-state index is 2.34. The van der Waals surface area contributed by atoms with Gasteiger partial charge in [0.05, 0.1) is 0 Å². The van der Waals surface area contributed by atoms with Crippen LogP contribution in [0.1, 0.15) is 25.1 Å². The van der Waals surface area contributed by atoms with E-state index < -0.39 is 0 Å². The first-order valence-electron chi connectivity index (χ1n) is 5.89. The van der Waals surface area contributed by atoms with Crippen LogP contribution in [0.4, 0.5) is 0 Å². The molecule has 2 rings (SSSR count). The second-order valence-electron chi connectivity index (χ2n) is 4.41. The van der Waals surface area contributed by atoms with Crippen molar-refractivity contribution in [1.29, 1.82) is 0 Å². The highest BCUT2D eigenvalue weighted by atomic mass is 15.1. The van der Waals surface area contributed by atoms with Gasteiger partial charge in [0.2, 0.25) is 5.70 Å². The third-order valence-corrected chi connectivity index (χ3v) is 3.06. The molecule has 0 spiro atoms. The molecule has 2 heteroatoms. The first-order chi connectivity index (χ1) is 7.70. The van der Waals surface area contributed by atoms with Crippen molar-refractivity contribution in [3.05, 3.63) is 47.3 Å². The second-order valence-corrected chi connectivity index (χ2v) is 4.41. The highest BCUT2D eigenvalue weighted by molar-refractivity contribution is 5.55. The van der Waals surface area contributed by atoms with E-state index in [1.165, 1.54) is 22.5 Å². The van der Waals surface area contributed by atoms with Gasteiger partial charge < -0.3 is 5.32 Å². The number of aromatic nitrogens is 1. The largest absolute Gasteiger partial charge is 0.303 e. The van der Waals surface area contributed by atoms with Crippen molar-refractivity contribution < 1.29 is 9.88 Å². The Morgan fingerprint density at radius 2 is 2.31 bits per heavy atom. The number of pyridine rings is 1. The molecule has 0 radical (unpaired) electrons. The lowest BCUT2D eigenvalue weighted by Gasteiger charge is -2.11. The van der Waals surface area contributed by atoms with Crippen LogP contribution < -0.4 is 9.88 Å². The van der Waals surface area contributed by atoms with E-state index in [2.05, 4.69) is 61.1 Å². The number of nitrogens with zero attached hydrogens (tertiary/aromatic N) is 1. The molecular weight excluding hydrogens is 196 g/mol. The van der Waals surface area contributed by atoms with Gasteiger partial charge in [0.15, 0.2) is 12.7 Å². The molecule has 0 saturated heterocycles. The standard InChI is InChI=1S/C14H19N2/c1-4-11(2)9-13-14-10-12(3)5-7-16(14)8-6-15-13/h4-5,7,9-10,15H,6,8H2,1-3H3/q+1/p+1/b11-4-,13-9-. The summed E-state index contributed by atoms with van der Waals surface area (Å²) in [6.07, 6.45) is 6.61. The fourth-order valence-electron chi connectivity index (χ4n) is 2.00. The molecule has 0 fully saturated rings. The van der Waals surface area contributed by atoms with Crippen molar-refractivity contribution in [2.45, 2.75) is 27.3 Å². The number of fused-ring (bicyclic) bond motifs is 1. The van der Waals surface area contributed by atoms with Crippen LogP contribution in [-0.4, -0.2) is 6.54 Å². The zero-order valence-electron chi connectivity index (χ0n) is 10.3. The molecule has 84 valence electrons. The van der Waals surface area contributed by atoms with Gasteiger partial charge in [0.25, 0.3) is 5.69 Å². The Kier molecular flexibility index (Phi) is 3.20. The normalized spacial score (nSPS) is 18.7. The Labute approximate surface area is 97.3 Å². The monoisotopic (exact) mass is 216 g/mol. The molecule has 2 heterocycles. The molecule has 0 bridgehead atoms. The number of quaternary nitrogens is 1. The van der Waals surface area contributed by atoms with Gasteiger partial charge >= 0.3 is 0 Å². The van der Waals surface area contributed by atoms with Gasteiger partial charge in [-0.2, -0.15) is 4.57 Å². The predicted octanol–water partition coefficient (Wildman–Crippen LogP) is 1.17. The number of hydrogen-bond donors (Lipinski definition) is 1. The first-order valence-corrected chi connectivity index (χ1v) is 5.89. The Balaban J connectivity index is 2.47. The molecule has 1 aliphatic heterocycles. The van der Waals surface area contributed by atoms with Crippen LogP contribution in [0.3, 0.4) is 0 Å². The molecule has 16 heavy (non-hydrogen) atoms. The van der Waals surface area contributed by atoms with E-state index >= 15 is 0 Å². The van der Waals surface area contributed by atoms with Gasteiger partial charge in [-0.3, -0.25) is 0 Å². The zero-order chi connectivity index (χ0) is 11.5. The van der Waals surface area contributed by atoms with Crippen LogP contribution >= 0.6 is 0 Å². The maximum Gasteiger partial charge on any atom is 0.266 e. The summed E-state index contributed by atoms with van der Waals surface area (Å²) in [7, 11) is 0. The molecule has 1 aromatic heterocycles. The lowest BCUT2D eigenvalue weighted by atomic mass is 10.1. The third kappa shape index (κ3) is 2.22. The first kappa shape index (κ1) is 11.1.